The zero-order valence-electron chi connectivity index (χ0n) is 16.9. The molecule has 0 aliphatic carbocycles. The molecule has 0 bridgehead atoms. The second-order valence-corrected chi connectivity index (χ2v) is 6.82. The van der Waals surface area contributed by atoms with E-state index in [1.54, 1.807) is 47.4 Å². The minimum atomic E-state index is -0.231. The Bertz CT molecular complexity index is 892. The smallest absolute Gasteiger partial charge is 0.254 e. The number of carbonyl (C=O) groups excluding carboxylic acids is 3. The third-order valence-corrected chi connectivity index (χ3v) is 4.63. The van der Waals surface area contributed by atoms with E-state index in [0.29, 0.717) is 55.3 Å². The van der Waals surface area contributed by atoms with Gasteiger partial charge in [-0.05, 0) is 49.4 Å². The molecule has 2 aromatic rings. The number of hydrogen-bond acceptors (Lipinski definition) is 5. The molecule has 1 heterocycles. The molecule has 0 spiro atoms. The Kier molecular flexibility index (Phi) is 7.40. The average Bonchev–Trinajstić information content (AvgIpc) is 2.78. The lowest BCUT2D eigenvalue weighted by molar-refractivity contribution is -0.114. The highest BCUT2D eigenvalue weighted by molar-refractivity contribution is 5.97. The Morgan fingerprint density at radius 3 is 2.40 bits per heavy atom. The third-order valence-electron chi connectivity index (χ3n) is 4.63. The second-order valence-electron chi connectivity index (χ2n) is 6.82. The zero-order chi connectivity index (χ0) is 21.3. The first-order valence-corrected chi connectivity index (χ1v) is 9.96. The SMILES string of the molecule is CCNC(=O)c1ccc(NC(=O)CNc2cccc(C(=O)N3CCOCC3)c2)cc1. The molecule has 0 atom stereocenters. The summed E-state index contributed by atoms with van der Waals surface area (Å²) in [6, 6.07) is 13.8. The van der Waals surface area contributed by atoms with Crippen LogP contribution in [0.4, 0.5) is 11.4 Å². The predicted octanol–water partition coefficient (Wildman–Crippen LogP) is 1.96. The van der Waals surface area contributed by atoms with Crippen molar-refractivity contribution in [3.63, 3.8) is 0 Å². The molecule has 30 heavy (non-hydrogen) atoms. The standard InChI is InChI=1S/C22H26N4O4/c1-2-23-21(28)16-6-8-18(9-7-16)25-20(27)15-24-19-5-3-4-17(14-19)22(29)26-10-12-30-13-11-26/h3-9,14,24H,2,10-13,15H2,1H3,(H,23,28)(H,25,27). The molecule has 8 nitrogen and oxygen atoms in total. The molecular weight excluding hydrogens is 384 g/mol. The van der Waals surface area contributed by atoms with Gasteiger partial charge in [0.05, 0.1) is 19.8 Å². The highest BCUT2D eigenvalue weighted by Crippen LogP contribution is 2.14. The number of rotatable bonds is 7. The maximum atomic E-state index is 12.6. The molecule has 2 aromatic carbocycles. The van der Waals surface area contributed by atoms with Gasteiger partial charge in [-0.25, -0.2) is 0 Å². The van der Waals surface area contributed by atoms with Crippen LogP contribution in [0.2, 0.25) is 0 Å². The van der Waals surface area contributed by atoms with E-state index in [1.807, 2.05) is 13.0 Å². The van der Waals surface area contributed by atoms with Crippen molar-refractivity contribution in [1.82, 2.24) is 10.2 Å². The van der Waals surface area contributed by atoms with Crippen molar-refractivity contribution >= 4 is 29.1 Å². The average molecular weight is 410 g/mol. The van der Waals surface area contributed by atoms with E-state index >= 15 is 0 Å². The molecule has 8 heteroatoms. The molecule has 3 rings (SSSR count). The third kappa shape index (κ3) is 5.81. The summed E-state index contributed by atoms with van der Waals surface area (Å²) in [5.41, 5.74) is 2.40. The lowest BCUT2D eigenvalue weighted by Gasteiger charge is -2.27. The summed E-state index contributed by atoms with van der Waals surface area (Å²) in [7, 11) is 0. The molecule has 0 unspecified atom stereocenters. The van der Waals surface area contributed by atoms with Gasteiger partial charge in [0.25, 0.3) is 11.8 Å². The van der Waals surface area contributed by atoms with Crippen LogP contribution in [-0.2, 0) is 9.53 Å². The monoisotopic (exact) mass is 410 g/mol. The molecule has 1 fully saturated rings. The molecule has 1 saturated heterocycles. The predicted molar refractivity (Wildman–Crippen MR) is 115 cm³/mol. The van der Waals surface area contributed by atoms with E-state index in [0.717, 1.165) is 0 Å². The number of benzene rings is 2. The quantitative estimate of drug-likeness (QED) is 0.648. The van der Waals surface area contributed by atoms with Crippen LogP contribution in [0.1, 0.15) is 27.6 Å². The first-order valence-electron chi connectivity index (χ1n) is 9.96. The summed E-state index contributed by atoms with van der Waals surface area (Å²) in [4.78, 5) is 38.3. The first-order chi connectivity index (χ1) is 14.6. The molecule has 0 aromatic heterocycles. The van der Waals surface area contributed by atoms with Gasteiger partial charge in [-0.3, -0.25) is 14.4 Å². The fraction of sp³-hybridized carbons (Fsp3) is 0.318. The van der Waals surface area contributed by atoms with E-state index in [1.165, 1.54) is 0 Å². The van der Waals surface area contributed by atoms with Gasteiger partial charge < -0.3 is 25.6 Å². The normalized spacial score (nSPS) is 13.4. The van der Waals surface area contributed by atoms with Crippen LogP contribution in [-0.4, -0.2) is 62.0 Å². The fourth-order valence-electron chi connectivity index (χ4n) is 3.07. The summed E-state index contributed by atoms with van der Waals surface area (Å²) in [6.07, 6.45) is 0. The van der Waals surface area contributed by atoms with Crippen LogP contribution < -0.4 is 16.0 Å². The summed E-state index contributed by atoms with van der Waals surface area (Å²) < 4.78 is 5.28. The van der Waals surface area contributed by atoms with Gasteiger partial charge in [-0.1, -0.05) is 6.07 Å². The summed E-state index contributed by atoms with van der Waals surface area (Å²) in [6.45, 7) is 4.72. The Hall–Kier alpha value is -3.39. The molecule has 0 saturated carbocycles. The van der Waals surface area contributed by atoms with E-state index in [9.17, 15) is 14.4 Å². The van der Waals surface area contributed by atoms with E-state index < -0.39 is 0 Å². The van der Waals surface area contributed by atoms with Gasteiger partial charge in [-0.2, -0.15) is 0 Å². The minimum absolute atomic E-state index is 0.0430. The van der Waals surface area contributed by atoms with Crippen LogP contribution in [0.15, 0.2) is 48.5 Å². The van der Waals surface area contributed by atoms with Crippen molar-refractivity contribution in [2.24, 2.45) is 0 Å². The number of nitrogens with zero attached hydrogens (tertiary/aromatic N) is 1. The number of anilines is 2. The number of hydrogen-bond donors (Lipinski definition) is 3. The highest BCUT2D eigenvalue weighted by Gasteiger charge is 2.18. The summed E-state index contributed by atoms with van der Waals surface area (Å²) in [5.74, 6) is -0.423. The largest absolute Gasteiger partial charge is 0.378 e. The van der Waals surface area contributed by atoms with Gasteiger partial charge in [0.1, 0.15) is 0 Å². The second kappa shape index (κ2) is 10.4. The van der Waals surface area contributed by atoms with Crippen molar-refractivity contribution < 1.29 is 19.1 Å². The zero-order valence-corrected chi connectivity index (χ0v) is 16.9. The Balaban J connectivity index is 1.52. The number of nitrogens with one attached hydrogen (secondary N) is 3. The lowest BCUT2D eigenvalue weighted by atomic mass is 10.1. The molecule has 158 valence electrons. The van der Waals surface area contributed by atoms with Gasteiger partial charge >= 0.3 is 0 Å². The number of amides is 3. The maximum Gasteiger partial charge on any atom is 0.254 e. The van der Waals surface area contributed by atoms with Crippen molar-refractivity contribution in [1.29, 1.82) is 0 Å². The molecule has 3 N–H and O–H groups in total. The summed E-state index contributed by atoms with van der Waals surface area (Å²) in [5, 5.41) is 8.54. The molecule has 0 radical (unpaired) electrons. The van der Waals surface area contributed by atoms with Crippen LogP contribution >= 0.6 is 0 Å². The topological polar surface area (TPSA) is 99.8 Å². The highest BCUT2D eigenvalue weighted by atomic mass is 16.5. The molecular formula is C22H26N4O4. The van der Waals surface area contributed by atoms with E-state index in [2.05, 4.69) is 16.0 Å². The van der Waals surface area contributed by atoms with Gasteiger partial charge in [0.2, 0.25) is 5.91 Å². The fourth-order valence-corrected chi connectivity index (χ4v) is 3.07. The molecule has 1 aliphatic heterocycles. The number of ether oxygens (including phenoxy) is 1. The van der Waals surface area contributed by atoms with Gasteiger partial charge in [0.15, 0.2) is 0 Å². The van der Waals surface area contributed by atoms with Crippen LogP contribution in [0, 0.1) is 0 Å². The van der Waals surface area contributed by atoms with Gasteiger partial charge in [0, 0.05) is 42.1 Å². The van der Waals surface area contributed by atoms with E-state index in [4.69, 9.17) is 4.74 Å². The van der Waals surface area contributed by atoms with Crippen LogP contribution in [0.5, 0.6) is 0 Å². The minimum Gasteiger partial charge on any atom is -0.378 e. The molecule has 3 amide bonds. The van der Waals surface area contributed by atoms with Crippen LogP contribution in [0.25, 0.3) is 0 Å². The number of carbonyl (C=O) groups is 3. The Labute approximate surface area is 175 Å². The van der Waals surface area contributed by atoms with Crippen molar-refractivity contribution in [3.8, 4) is 0 Å². The van der Waals surface area contributed by atoms with Crippen molar-refractivity contribution in [2.45, 2.75) is 6.92 Å². The Morgan fingerprint density at radius 2 is 1.70 bits per heavy atom. The number of morpholine rings is 1. The first kappa shape index (κ1) is 21.3. The lowest BCUT2D eigenvalue weighted by Crippen LogP contribution is -2.40. The van der Waals surface area contributed by atoms with Crippen molar-refractivity contribution in [3.05, 3.63) is 59.7 Å². The summed E-state index contributed by atoms with van der Waals surface area (Å²) >= 11 is 0. The van der Waals surface area contributed by atoms with E-state index in [-0.39, 0.29) is 24.3 Å². The maximum absolute atomic E-state index is 12.6. The molecule has 1 aliphatic rings. The van der Waals surface area contributed by atoms with Gasteiger partial charge in [-0.15, -0.1) is 0 Å². The van der Waals surface area contributed by atoms with Crippen molar-refractivity contribution in [2.75, 3.05) is 50.0 Å². The Morgan fingerprint density at radius 1 is 0.967 bits per heavy atom. The van der Waals surface area contributed by atoms with Crippen LogP contribution in [0.3, 0.4) is 0 Å².